The third kappa shape index (κ3) is 3.82. The molecule has 0 atom stereocenters. The van der Waals surface area contributed by atoms with E-state index in [1.165, 1.54) is 28.7 Å². The molecular weight excluding hydrogens is 386 g/mol. The van der Waals surface area contributed by atoms with Gasteiger partial charge in [0.25, 0.3) is 0 Å². The van der Waals surface area contributed by atoms with E-state index in [9.17, 15) is 0 Å². The zero-order valence-electron chi connectivity index (χ0n) is 16.9. The van der Waals surface area contributed by atoms with Crippen molar-refractivity contribution >= 4 is 39.0 Å². The number of hydrogen-bond donors (Lipinski definition) is 3. The van der Waals surface area contributed by atoms with Gasteiger partial charge < -0.3 is 20.3 Å². The van der Waals surface area contributed by atoms with Gasteiger partial charge in [-0.2, -0.15) is 10.1 Å². The van der Waals surface area contributed by atoms with Crippen molar-refractivity contribution in [3.05, 3.63) is 22.8 Å². The first-order chi connectivity index (χ1) is 14.2. The van der Waals surface area contributed by atoms with Crippen molar-refractivity contribution in [1.82, 2.24) is 25.1 Å². The molecule has 0 aromatic carbocycles. The fraction of sp³-hybridized carbons (Fsp3) is 0.550. The van der Waals surface area contributed by atoms with E-state index in [-0.39, 0.29) is 0 Å². The first kappa shape index (κ1) is 18.8. The molecule has 3 N–H and O–H groups in total. The molecule has 3 aromatic heterocycles. The van der Waals surface area contributed by atoms with Gasteiger partial charge in [0.2, 0.25) is 5.95 Å². The average Bonchev–Trinajstić information content (AvgIpc) is 3.35. The third-order valence-electron chi connectivity index (χ3n) is 5.99. The van der Waals surface area contributed by atoms with Crippen molar-refractivity contribution in [2.24, 2.45) is 0 Å². The maximum absolute atomic E-state index is 5.67. The van der Waals surface area contributed by atoms with Crippen LogP contribution in [0, 0.1) is 0 Å². The summed E-state index contributed by atoms with van der Waals surface area (Å²) in [7, 11) is 4.36. The quantitative estimate of drug-likeness (QED) is 0.589. The molecule has 1 saturated carbocycles. The first-order valence-electron chi connectivity index (χ1n) is 10.3. The van der Waals surface area contributed by atoms with Gasteiger partial charge in [-0.15, -0.1) is 11.3 Å². The highest BCUT2D eigenvalue weighted by molar-refractivity contribution is 7.19. The van der Waals surface area contributed by atoms with Crippen LogP contribution in [-0.2, 0) is 17.8 Å². The molecule has 0 unspecified atom stereocenters. The van der Waals surface area contributed by atoms with Gasteiger partial charge >= 0.3 is 0 Å². The minimum atomic E-state index is 0.446. The molecule has 154 valence electrons. The molecule has 0 spiro atoms. The SMILES string of the molecule is CN(C)C1CCC(Nc2nc(Nc3cn[nH]c3)nc3sc4c(c23)CCOC4)CC1. The van der Waals surface area contributed by atoms with Gasteiger partial charge in [-0.05, 0) is 51.8 Å². The van der Waals surface area contributed by atoms with Crippen LogP contribution in [0.5, 0.6) is 0 Å². The van der Waals surface area contributed by atoms with Crippen LogP contribution in [0.25, 0.3) is 10.2 Å². The Labute approximate surface area is 174 Å². The molecule has 2 aliphatic rings. The highest BCUT2D eigenvalue weighted by atomic mass is 32.1. The fourth-order valence-corrected chi connectivity index (χ4v) is 5.52. The number of anilines is 3. The molecule has 1 aliphatic carbocycles. The second-order valence-electron chi connectivity index (χ2n) is 8.11. The Bertz CT molecular complexity index is 977. The molecule has 8 nitrogen and oxygen atoms in total. The molecule has 0 radical (unpaired) electrons. The number of hydrogen-bond acceptors (Lipinski definition) is 8. The predicted octanol–water partition coefficient (Wildman–Crippen LogP) is 3.52. The molecule has 0 saturated heterocycles. The molecule has 0 bridgehead atoms. The van der Waals surface area contributed by atoms with Crippen molar-refractivity contribution < 1.29 is 4.74 Å². The molecular formula is C20H27N7OS. The Morgan fingerprint density at radius 2 is 2.07 bits per heavy atom. The summed E-state index contributed by atoms with van der Waals surface area (Å²) in [5.74, 6) is 1.55. The molecule has 4 heterocycles. The summed E-state index contributed by atoms with van der Waals surface area (Å²) >= 11 is 1.72. The Kier molecular flexibility index (Phi) is 5.11. The predicted molar refractivity (Wildman–Crippen MR) is 116 cm³/mol. The van der Waals surface area contributed by atoms with Gasteiger partial charge in [-0.1, -0.05) is 0 Å². The van der Waals surface area contributed by atoms with Crippen molar-refractivity contribution in [1.29, 1.82) is 0 Å². The second-order valence-corrected chi connectivity index (χ2v) is 9.19. The van der Waals surface area contributed by atoms with Gasteiger partial charge in [-0.3, -0.25) is 5.10 Å². The van der Waals surface area contributed by atoms with Crippen molar-refractivity contribution in [3.63, 3.8) is 0 Å². The van der Waals surface area contributed by atoms with E-state index in [1.807, 2.05) is 0 Å². The van der Waals surface area contributed by atoms with Gasteiger partial charge in [0.05, 0.1) is 30.5 Å². The van der Waals surface area contributed by atoms with Crippen LogP contribution in [0.15, 0.2) is 12.4 Å². The highest BCUT2D eigenvalue weighted by Crippen LogP contribution is 2.39. The zero-order valence-corrected chi connectivity index (χ0v) is 17.7. The van der Waals surface area contributed by atoms with E-state index in [2.05, 4.69) is 39.8 Å². The summed E-state index contributed by atoms with van der Waals surface area (Å²) in [5.41, 5.74) is 2.21. The van der Waals surface area contributed by atoms with Crippen LogP contribution < -0.4 is 10.6 Å². The van der Waals surface area contributed by atoms with Crippen LogP contribution in [0.4, 0.5) is 17.5 Å². The van der Waals surface area contributed by atoms with E-state index < -0.39 is 0 Å². The number of ether oxygens (including phenoxy) is 1. The third-order valence-corrected chi connectivity index (χ3v) is 7.09. The number of nitrogens with one attached hydrogen (secondary N) is 3. The Morgan fingerprint density at radius 3 is 2.83 bits per heavy atom. The van der Waals surface area contributed by atoms with E-state index in [0.29, 0.717) is 24.6 Å². The lowest BCUT2D eigenvalue weighted by molar-refractivity contribution is 0.114. The maximum atomic E-state index is 5.67. The maximum Gasteiger partial charge on any atom is 0.230 e. The van der Waals surface area contributed by atoms with Crippen LogP contribution >= 0.6 is 11.3 Å². The number of fused-ring (bicyclic) bond motifs is 3. The summed E-state index contributed by atoms with van der Waals surface area (Å²) in [5, 5.41) is 15.0. The second kappa shape index (κ2) is 7.89. The Morgan fingerprint density at radius 1 is 1.21 bits per heavy atom. The number of H-pyrrole nitrogens is 1. The van der Waals surface area contributed by atoms with Crippen LogP contribution in [0.3, 0.4) is 0 Å². The Hall–Kier alpha value is -2.23. The van der Waals surface area contributed by atoms with Gasteiger partial charge in [0.1, 0.15) is 10.6 Å². The van der Waals surface area contributed by atoms with Crippen LogP contribution in [0.1, 0.15) is 36.1 Å². The number of aromatic nitrogens is 4. The molecule has 3 aromatic rings. The van der Waals surface area contributed by atoms with Gasteiger partial charge in [0, 0.05) is 23.2 Å². The van der Waals surface area contributed by atoms with Crippen molar-refractivity contribution in [2.45, 2.75) is 50.8 Å². The van der Waals surface area contributed by atoms with E-state index in [0.717, 1.165) is 42.2 Å². The van der Waals surface area contributed by atoms with Crippen LogP contribution in [0.2, 0.25) is 0 Å². The molecule has 9 heteroatoms. The zero-order chi connectivity index (χ0) is 19.8. The summed E-state index contributed by atoms with van der Waals surface area (Å²) < 4.78 is 5.67. The Balaban J connectivity index is 1.47. The number of rotatable bonds is 5. The standard InChI is InChI=1S/C20H27N7OS/c1-27(2)14-5-3-12(4-6-14)23-18-17-15-7-8-28-11-16(15)29-19(17)26-20(25-18)24-13-9-21-22-10-13/h9-10,12,14H,3-8,11H2,1-2H3,(H,21,22)(H2,23,24,25,26). The van der Waals surface area contributed by atoms with Crippen molar-refractivity contribution in [2.75, 3.05) is 31.3 Å². The first-order valence-corrected chi connectivity index (χ1v) is 11.1. The van der Waals surface area contributed by atoms with E-state index >= 15 is 0 Å². The molecule has 1 fully saturated rings. The normalized spacial score (nSPS) is 22.0. The molecule has 0 amide bonds. The lowest BCUT2D eigenvalue weighted by Gasteiger charge is -2.33. The summed E-state index contributed by atoms with van der Waals surface area (Å²) in [6.45, 7) is 1.44. The fourth-order valence-electron chi connectivity index (χ4n) is 4.36. The van der Waals surface area contributed by atoms with E-state index in [1.54, 1.807) is 23.7 Å². The van der Waals surface area contributed by atoms with E-state index in [4.69, 9.17) is 14.7 Å². The van der Waals surface area contributed by atoms with Crippen molar-refractivity contribution in [3.8, 4) is 0 Å². The lowest BCUT2D eigenvalue weighted by atomic mass is 9.90. The summed E-state index contributed by atoms with van der Waals surface area (Å²) in [6.07, 6.45) is 9.22. The minimum Gasteiger partial charge on any atom is -0.376 e. The highest BCUT2D eigenvalue weighted by Gasteiger charge is 2.26. The topological polar surface area (TPSA) is 91.0 Å². The smallest absolute Gasteiger partial charge is 0.230 e. The van der Waals surface area contributed by atoms with Gasteiger partial charge in [0.15, 0.2) is 0 Å². The summed E-state index contributed by atoms with van der Waals surface area (Å²) in [6, 6.07) is 1.13. The average molecular weight is 414 g/mol. The van der Waals surface area contributed by atoms with Crippen LogP contribution in [-0.4, -0.2) is 57.9 Å². The largest absolute Gasteiger partial charge is 0.376 e. The number of nitrogens with zero attached hydrogens (tertiary/aromatic N) is 4. The monoisotopic (exact) mass is 413 g/mol. The summed E-state index contributed by atoms with van der Waals surface area (Å²) in [4.78, 5) is 14.3. The van der Waals surface area contributed by atoms with Gasteiger partial charge in [-0.25, -0.2) is 4.98 Å². The molecule has 1 aliphatic heterocycles. The molecule has 5 rings (SSSR count). The number of thiophene rings is 1. The minimum absolute atomic E-state index is 0.446. The lowest BCUT2D eigenvalue weighted by Crippen LogP contribution is -2.36. The molecule has 29 heavy (non-hydrogen) atoms. The number of aromatic amines is 1.